The third-order valence-corrected chi connectivity index (χ3v) is 1.17. The summed E-state index contributed by atoms with van der Waals surface area (Å²) in [7, 11) is 0. The Morgan fingerprint density at radius 1 is 1.78 bits per heavy atom. The summed E-state index contributed by atoms with van der Waals surface area (Å²) in [5.41, 5.74) is 4.46. The number of hydrogen-bond acceptors (Lipinski definition) is 2. The molecule has 2 heteroatoms. The monoisotopic (exact) mass is 127 g/mol. The smallest absolute Gasteiger partial charge is 0.0740 e. The van der Waals surface area contributed by atoms with E-state index in [2.05, 4.69) is 5.92 Å². The average molecular weight is 127 g/mol. The van der Waals surface area contributed by atoms with Crippen molar-refractivity contribution in [2.75, 3.05) is 6.54 Å². The Balaban J connectivity index is 3.59. The van der Waals surface area contributed by atoms with Crippen LogP contribution in [0.1, 0.15) is 19.8 Å². The van der Waals surface area contributed by atoms with Crippen LogP contribution < -0.4 is 5.73 Å². The molecule has 0 aromatic heterocycles. The maximum atomic E-state index is 9.29. The van der Waals surface area contributed by atoms with Crippen LogP contribution in [-0.4, -0.2) is 17.3 Å². The highest BCUT2D eigenvalue weighted by molar-refractivity contribution is 4.92. The predicted octanol–water partition coefficient (Wildman–Crippen LogP) is 0.110. The first-order valence-electron chi connectivity index (χ1n) is 2.98. The van der Waals surface area contributed by atoms with Crippen LogP contribution in [0.5, 0.6) is 0 Å². The maximum absolute atomic E-state index is 9.29. The van der Waals surface area contributed by atoms with Crippen LogP contribution in [0, 0.1) is 12.3 Å². The fourth-order valence-corrected chi connectivity index (χ4v) is 0.619. The molecule has 0 aliphatic carbocycles. The van der Waals surface area contributed by atoms with Crippen LogP contribution in [0.2, 0.25) is 0 Å². The molecule has 0 fully saturated rings. The Kier molecular flexibility index (Phi) is 3.29. The van der Waals surface area contributed by atoms with Crippen LogP contribution in [-0.2, 0) is 0 Å². The van der Waals surface area contributed by atoms with E-state index in [-0.39, 0.29) is 0 Å². The second kappa shape index (κ2) is 3.49. The third kappa shape index (κ3) is 4.01. The second-order valence-electron chi connectivity index (χ2n) is 2.42. The molecule has 0 saturated heterocycles. The van der Waals surface area contributed by atoms with Gasteiger partial charge in [-0.25, -0.2) is 0 Å². The summed E-state index contributed by atoms with van der Waals surface area (Å²) in [5.74, 6) is 2.39. The Morgan fingerprint density at radius 3 is 2.67 bits per heavy atom. The Hall–Kier alpha value is -0.520. The molecule has 2 nitrogen and oxygen atoms in total. The molecule has 9 heavy (non-hydrogen) atoms. The molecule has 0 amide bonds. The van der Waals surface area contributed by atoms with Gasteiger partial charge in [0.1, 0.15) is 0 Å². The van der Waals surface area contributed by atoms with Gasteiger partial charge in [-0.2, -0.15) is 0 Å². The molecule has 0 spiro atoms. The van der Waals surface area contributed by atoms with E-state index < -0.39 is 5.60 Å². The molecule has 0 aromatic carbocycles. The van der Waals surface area contributed by atoms with Gasteiger partial charge in [0.25, 0.3) is 0 Å². The maximum Gasteiger partial charge on any atom is 0.0740 e. The Labute approximate surface area is 56.1 Å². The zero-order valence-electron chi connectivity index (χ0n) is 5.72. The summed E-state index contributed by atoms with van der Waals surface area (Å²) >= 11 is 0. The lowest BCUT2D eigenvalue weighted by atomic mass is 9.99. The van der Waals surface area contributed by atoms with Crippen molar-refractivity contribution in [1.82, 2.24) is 0 Å². The van der Waals surface area contributed by atoms with Crippen LogP contribution in [0.15, 0.2) is 0 Å². The fourth-order valence-electron chi connectivity index (χ4n) is 0.619. The lowest BCUT2D eigenvalue weighted by Gasteiger charge is -2.18. The number of nitrogens with two attached hydrogens (primary N) is 1. The summed E-state index contributed by atoms with van der Waals surface area (Å²) in [4.78, 5) is 0. The van der Waals surface area contributed by atoms with Gasteiger partial charge in [-0.15, -0.1) is 12.3 Å². The molecule has 52 valence electrons. The fraction of sp³-hybridized carbons (Fsp3) is 0.714. The van der Waals surface area contributed by atoms with Gasteiger partial charge in [0.15, 0.2) is 0 Å². The highest BCUT2D eigenvalue weighted by Gasteiger charge is 2.16. The molecule has 0 aromatic rings. The molecule has 0 heterocycles. The first kappa shape index (κ1) is 8.48. The van der Waals surface area contributed by atoms with E-state index in [1.54, 1.807) is 6.92 Å². The molecule has 0 bridgehead atoms. The first-order valence-corrected chi connectivity index (χ1v) is 2.98. The van der Waals surface area contributed by atoms with E-state index in [0.717, 1.165) is 0 Å². The Bertz CT molecular complexity index is 113. The number of rotatable bonds is 3. The van der Waals surface area contributed by atoms with E-state index in [1.165, 1.54) is 0 Å². The lowest BCUT2D eigenvalue weighted by Crippen LogP contribution is -2.26. The van der Waals surface area contributed by atoms with Gasteiger partial charge in [0, 0.05) is 6.42 Å². The molecule has 1 unspecified atom stereocenters. The van der Waals surface area contributed by atoms with Gasteiger partial charge in [-0.1, -0.05) is 0 Å². The SMILES string of the molecule is C#CCC(C)(O)CCN. The van der Waals surface area contributed by atoms with E-state index in [1.807, 2.05) is 0 Å². The Morgan fingerprint density at radius 2 is 2.33 bits per heavy atom. The van der Waals surface area contributed by atoms with Crippen LogP contribution in [0.3, 0.4) is 0 Å². The summed E-state index contributed by atoms with van der Waals surface area (Å²) in [6.07, 6.45) is 5.94. The van der Waals surface area contributed by atoms with Gasteiger partial charge in [0.05, 0.1) is 5.60 Å². The summed E-state index contributed by atoms with van der Waals surface area (Å²) in [6, 6.07) is 0. The summed E-state index contributed by atoms with van der Waals surface area (Å²) in [6.45, 7) is 2.17. The second-order valence-corrected chi connectivity index (χ2v) is 2.42. The van der Waals surface area contributed by atoms with Gasteiger partial charge in [-0.05, 0) is 19.9 Å². The van der Waals surface area contributed by atoms with Gasteiger partial charge < -0.3 is 10.8 Å². The van der Waals surface area contributed by atoms with E-state index in [4.69, 9.17) is 12.2 Å². The van der Waals surface area contributed by atoms with Crippen molar-refractivity contribution < 1.29 is 5.11 Å². The topological polar surface area (TPSA) is 46.2 Å². The minimum atomic E-state index is -0.760. The van der Waals surface area contributed by atoms with Gasteiger partial charge in [-0.3, -0.25) is 0 Å². The lowest BCUT2D eigenvalue weighted by molar-refractivity contribution is 0.0589. The minimum absolute atomic E-state index is 0.379. The van der Waals surface area contributed by atoms with Crippen LogP contribution in [0.4, 0.5) is 0 Å². The van der Waals surface area contributed by atoms with Crippen molar-refractivity contribution >= 4 is 0 Å². The number of terminal acetylenes is 1. The van der Waals surface area contributed by atoms with Crippen LogP contribution in [0.25, 0.3) is 0 Å². The predicted molar refractivity (Wildman–Crippen MR) is 37.7 cm³/mol. The summed E-state index contributed by atoms with van der Waals surface area (Å²) in [5, 5.41) is 9.29. The number of aliphatic hydroxyl groups is 1. The van der Waals surface area contributed by atoms with E-state index >= 15 is 0 Å². The molecule has 0 aliphatic rings. The summed E-state index contributed by atoms with van der Waals surface area (Å²) < 4.78 is 0. The number of hydrogen-bond donors (Lipinski definition) is 2. The highest BCUT2D eigenvalue weighted by atomic mass is 16.3. The van der Waals surface area contributed by atoms with Crippen molar-refractivity contribution in [1.29, 1.82) is 0 Å². The largest absolute Gasteiger partial charge is 0.389 e. The van der Waals surface area contributed by atoms with Crippen LogP contribution >= 0.6 is 0 Å². The highest BCUT2D eigenvalue weighted by Crippen LogP contribution is 2.11. The van der Waals surface area contributed by atoms with Crippen molar-refractivity contribution in [3.63, 3.8) is 0 Å². The molecular weight excluding hydrogens is 114 g/mol. The molecular formula is C7H13NO. The quantitative estimate of drug-likeness (QED) is 0.528. The van der Waals surface area contributed by atoms with E-state index in [0.29, 0.717) is 19.4 Å². The molecule has 3 N–H and O–H groups in total. The molecule has 0 rings (SSSR count). The third-order valence-electron chi connectivity index (χ3n) is 1.17. The molecule has 0 radical (unpaired) electrons. The van der Waals surface area contributed by atoms with E-state index in [9.17, 15) is 5.11 Å². The zero-order valence-corrected chi connectivity index (χ0v) is 5.72. The first-order chi connectivity index (χ1) is 4.12. The normalized spacial score (nSPS) is 16.2. The van der Waals surface area contributed by atoms with Gasteiger partial charge >= 0.3 is 0 Å². The van der Waals surface area contributed by atoms with Crippen molar-refractivity contribution in [2.24, 2.45) is 5.73 Å². The van der Waals surface area contributed by atoms with Crippen molar-refractivity contribution in [3.8, 4) is 12.3 Å². The zero-order chi connectivity index (χ0) is 7.33. The van der Waals surface area contributed by atoms with Crippen molar-refractivity contribution in [3.05, 3.63) is 0 Å². The molecule has 0 aliphatic heterocycles. The molecule has 0 saturated carbocycles. The minimum Gasteiger partial charge on any atom is -0.389 e. The average Bonchev–Trinajstić information content (AvgIpc) is 1.64. The molecule has 1 atom stereocenters. The van der Waals surface area contributed by atoms with Crippen molar-refractivity contribution in [2.45, 2.75) is 25.4 Å². The van der Waals surface area contributed by atoms with Gasteiger partial charge in [0.2, 0.25) is 0 Å². The standard InChI is InChI=1S/C7H13NO/c1-3-4-7(2,9)5-6-8/h1,9H,4-6,8H2,2H3.